The van der Waals surface area contributed by atoms with E-state index in [9.17, 15) is 14.4 Å². The highest BCUT2D eigenvalue weighted by Gasteiger charge is 2.19. The highest BCUT2D eigenvalue weighted by molar-refractivity contribution is 5.71. The number of rotatable bonds is 47. The lowest BCUT2D eigenvalue weighted by Gasteiger charge is -2.18. The molecule has 0 radical (unpaired) electrons. The summed E-state index contributed by atoms with van der Waals surface area (Å²) in [5.41, 5.74) is 0. The fourth-order valence-electron chi connectivity index (χ4n) is 7.29. The van der Waals surface area contributed by atoms with Gasteiger partial charge in [0.25, 0.3) is 0 Å². The van der Waals surface area contributed by atoms with Crippen LogP contribution in [0.1, 0.15) is 245 Å². The summed E-state index contributed by atoms with van der Waals surface area (Å²) >= 11 is 0. The van der Waals surface area contributed by atoms with Crippen molar-refractivity contribution in [1.29, 1.82) is 0 Å². The Bertz CT molecular complexity index is 1250. The van der Waals surface area contributed by atoms with Crippen LogP contribution in [0.25, 0.3) is 0 Å². The van der Waals surface area contributed by atoms with Crippen molar-refractivity contribution < 1.29 is 28.6 Å². The predicted octanol–water partition coefficient (Wildman–Crippen LogP) is 17.6. The molecule has 0 spiro atoms. The highest BCUT2D eigenvalue weighted by atomic mass is 16.6. The number of hydrogen-bond donors (Lipinski definition) is 0. The normalized spacial score (nSPS) is 12.7. The van der Waals surface area contributed by atoms with Gasteiger partial charge in [0, 0.05) is 19.3 Å². The number of hydrogen-bond acceptors (Lipinski definition) is 6. The second-order valence-electron chi connectivity index (χ2n) is 17.6. The van der Waals surface area contributed by atoms with Crippen LogP contribution in [0.5, 0.6) is 0 Å². The predicted molar refractivity (Wildman–Crippen MR) is 274 cm³/mol. The van der Waals surface area contributed by atoms with Gasteiger partial charge in [-0.25, -0.2) is 0 Å². The van der Waals surface area contributed by atoms with Crippen LogP contribution in [0.4, 0.5) is 0 Å². The van der Waals surface area contributed by atoms with Crippen LogP contribution < -0.4 is 0 Å². The van der Waals surface area contributed by atoms with E-state index in [1.165, 1.54) is 135 Å². The molecule has 0 fully saturated rings. The number of carbonyl (C=O) groups excluding carboxylic acids is 3. The van der Waals surface area contributed by atoms with Gasteiger partial charge >= 0.3 is 17.9 Å². The van der Waals surface area contributed by atoms with Crippen LogP contribution >= 0.6 is 0 Å². The SMILES string of the molecule is CC\C=C/C=C\C=C/C=C\C=C/CCCC(=O)OCC(COC(=O)CCCCCCCCCCCCCCCCCCCC)OC(=O)CCCCCCCC/C=C\C=C/CCCCC. The molecule has 1 atom stereocenters. The average Bonchev–Trinajstić information content (AvgIpc) is 3.29. The molecule has 0 aliphatic heterocycles. The van der Waals surface area contributed by atoms with Gasteiger partial charge in [-0.2, -0.15) is 0 Å². The Labute approximate surface area is 395 Å². The Morgan fingerprint density at radius 2 is 0.625 bits per heavy atom. The summed E-state index contributed by atoms with van der Waals surface area (Å²) in [5, 5.41) is 0. The third-order valence-corrected chi connectivity index (χ3v) is 11.3. The van der Waals surface area contributed by atoms with E-state index in [2.05, 4.69) is 51.2 Å². The minimum absolute atomic E-state index is 0.102. The number of allylic oxidation sites excluding steroid dienone is 14. The van der Waals surface area contributed by atoms with Gasteiger partial charge in [-0.1, -0.05) is 254 Å². The van der Waals surface area contributed by atoms with Crippen molar-refractivity contribution >= 4 is 17.9 Å². The van der Waals surface area contributed by atoms with E-state index in [1.54, 1.807) is 0 Å². The molecular formula is C58H98O6. The van der Waals surface area contributed by atoms with Gasteiger partial charge in [-0.15, -0.1) is 0 Å². The summed E-state index contributed by atoms with van der Waals surface area (Å²) in [5.74, 6) is -0.989. The first-order chi connectivity index (χ1) is 31.5. The topological polar surface area (TPSA) is 78.9 Å². The van der Waals surface area contributed by atoms with E-state index in [0.717, 1.165) is 64.2 Å². The van der Waals surface area contributed by atoms with E-state index in [-0.39, 0.29) is 37.5 Å². The van der Waals surface area contributed by atoms with Crippen LogP contribution in [0, 0.1) is 0 Å². The van der Waals surface area contributed by atoms with Gasteiger partial charge in [0.1, 0.15) is 13.2 Å². The number of ether oxygens (including phenoxy) is 3. The molecule has 0 N–H and O–H groups in total. The van der Waals surface area contributed by atoms with E-state index in [1.807, 2.05) is 54.7 Å². The first-order valence-electron chi connectivity index (χ1n) is 26.7. The van der Waals surface area contributed by atoms with Gasteiger partial charge in [-0.3, -0.25) is 14.4 Å². The lowest BCUT2D eigenvalue weighted by atomic mass is 10.0. The summed E-state index contributed by atoms with van der Waals surface area (Å²) < 4.78 is 16.7. The Balaban J connectivity index is 4.45. The van der Waals surface area contributed by atoms with Crippen molar-refractivity contribution in [3.63, 3.8) is 0 Å². The van der Waals surface area contributed by atoms with Gasteiger partial charge in [0.2, 0.25) is 0 Å². The lowest BCUT2D eigenvalue weighted by molar-refractivity contribution is -0.167. The molecule has 0 aromatic heterocycles. The first-order valence-corrected chi connectivity index (χ1v) is 26.7. The summed E-state index contributed by atoms with van der Waals surface area (Å²) in [6.07, 6.45) is 67.2. The summed E-state index contributed by atoms with van der Waals surface area (Å²) in [6, 6.07) is 0. The Morgan fingerprint density at radius 3 is 1.06 bits per heavy atom. The molecule has 0 aliphatic rings. The van der Waals surface area contributed by atoms with Crippen LogP contribution in [0.15, 0.2) is 85.1 Å². The molecule has 64 heavy (non-hydrogen) atoms. The van der Waals surface area contributed by atoms with Crippen LogP contribution in [-0.2, 0) is 28.6 Å². The van der Waals surface area contributed by atoms with E-state index in [4.69, 9.17) is 14.2 Å². The van der Waals surface area contributed by atoms with Crippen molar-refractivity contribution in [2.75, 3.05) is 13.2 Å². The molecule has 0 heterocycles. The standard InChI is InChI=1S/C58H98O6/c1-4-7-10-13-16-19-22-25-27-28-29-31-33-36-39-42-45-48-51-57(60)63-54-55(53-62-56(59)50-47-44-41-38-35-32-24-21-18-15-12-9-6-3)64-58(61)52-49-46-43-40-37-34-30-26-23-20-17-14-11-8-5-2/h9,12,15,17-18,20-21,23-24,26,32,35,38,41,55H,4-8,10-11,13-14,16,19,22,25,27-31,33-34,36-37,39-40,42-54H2,1-3H3/b12-9-,18-15-,20-17-,24-21-,26-23-,35-32-,41-38-. The van der Waals surface area contributed by atoms with E-state index in [0.29, 0.717) is 19.3 Å². The van der Waals surface area contributed by atoms with Crippen molar-refractivity contribution in [3.8, 4) is 0 Å². The molecular weight excluding hydrogens is 793 g/mol. The summed E-state index contributed by atoms with van der Waals surface area (Å²) in [4.78, 5) is 38.0. The number of carbonyl (C=O) groups is 3. The highest BCUT2D eigenvalue weighted by Crippen LogP contribution is 2.16. The molecule has 6 heteroatoms. The Hall–Kier alpha value is -3.41. The molecule has 0 saturated carbocycles. The molecule has 0 rings (SSSR count). The zero-order chi connectivity index (χ0) is 46.5. The van der Waals surface area contributed by atoms with Gasteiger partial charge in [0.15, 0.2) is 6.10 Å². The second kappa shape index (κ2) is 52.2. The van der Waals surface area contributed by atoms with Crippen molar-refractivity contribution in [2.45, 2.75) is 252 Å². The summed E-state index contributed by atoms with van der Waals surface area (Å²) in [7, 11) is 0. The molecule has 366 valence electrons. The Morgan fingerprint density at radius 1 is 0.328 bits per heavy atom. The fraction of sp³-hybridized carbons (Fsp3) is 0.707. The quantitative estimate of drug-likeness (QED) is 0.0262. The number of unbranched alkanes of at least 4 members (excludes halogenated alkanes) is 27. The minimum Gasteiger partial charge on any atom is -0.462 e. The Kier molecular flexibility index (Phi) is 49.4. The van der Waals surface area contributed by atoms with Crippen molar-refractivity contribution in [2.24, 2.45) is 0 Å². The van der Waals surface area contributed by atoms with Gasteiger partial charge in [-0.05, 0) is 57.8 Å². The maximum Gasteiger partial charge on any atom is 0.306 e. The average molecular weight is 891 g/mol. The third kappa shape index (κ3) is 49.6. The molecule has 0 aromatic carbocycles. The smallest absolute Gasteiger partial charge is 0.306 e. The zero-order valence-electron chi connectivity index (χ0n) is 41.8. The maximum atomic E-state index is 12.8. The molecule has 0 amide bonds. The van der Waals surface area contributed by atoms with Crippen LogP contribution in [0.3, 0.4) is 0 Å². The minimum atomic E-state index is -0.810. The van der Waals surface area contributed by atoms with E-state index < -0.39 is 6.10 Å². The molecule has 0 bridgehead atoms. The molecule has 0 aliphatic carbocycles. The van der Waals surface area contributed by atoms with Gasteiger partial charge < -0.3 is 14.2 Å². The second-order valence-corrected chi connectivity index (χ2v) is 17.6. The maximum absolute atomic E-state index is 12.8. The first kappa shape index (κ1) is 60.6. The largest absolute Gasteiger partial charge is 0.462 e. The molecule has 6 nitrogen and oxygen atoms in total. The molecule has 1 unspecified atom stereocenters. The monoisotopic (exact) mass is 891 g/mol. The van der Waals surface area contributed by atoms with Gasteiger partial charge in [0.05, 0.1) is 0 Å². The zero-order valence-corrected chi connectivity index (χ0v) is 41.8. The van der Waals surface area contributed by atoms with E-state index >= 15 is 0 Å². The van der Waals surface area contributed by atoms with Crippen LogP contribution in [-0.4, -0.2) is 37.2 Å². The number of esters is 3. The lowest BCUT2D eigenvalue weighted by Crippen LogP contribution is -2.30. The van der Waals surface area contributed by atoms with Crippen molar-refractivity contribution in [3.05, 3.63) is 85.1 Å². The third-order valence-electron chi connectivity index (χ3n) is 11.3. The van der Waals surface area contributed by atoms with Crippen molar-refractivity contribution in [1.82, 2.24) is 0 Å². The summed E-state index contributed by atoms with van der Waals surface area (Å²) in [6.45, 7) is 6.40. The fourth-order valence-corrected chi connectivity index (χ4v) is 7.29. The van der Waals surface area contributed by atoms with Crippen LogP contribution in [0.2, 0.25) is 0 Å². The molecule has 0 aromatic rings. The molecule has 0 saturated heterocycles.